The van der Waals surface area contributed by atoms with Gasteiger partial charge in [-0.15, -0.1) is 0 Å². The van der Waals surface area contributed by atoms with Crippen molar-refractivity contribution in [2.45, 2.75) is 13.3 Å². The molecule has 0 aromatic carbocycles. The van der Waals surface area contributed by atoms with E-state index in [1.807, 2.05) is 27.4 Å². The van der Waals surface area contributed by atoms with Gasteiger partial charge in [0.15, 0.2) is 0 Å². The van der Waals surface area contributed by atoms with Gasteiger partial charge in [-0.05, 0) is 0 Å². The van der Waals surface area contributed by atoms with Gasteiger partial charge in [0.05, 0.1) is 0 Å². The van der Waals surface area contributed by atoms with Gasteiger partial charge in [0.2, 0.25) is 0 Å². The molecule has 0 radical (unpaired) electrons. The molecule has 0 amide bonds. The third-order valence-electron chi connectivity index (χ3n) is 0. The van der Waals surface area contributed by atoms with Crippen molar-refractivity contribution < 1.29 is 8.44 Å². The summed E-state index contributed by atoms with van der Waals surface area (Å²) in [4.78, 5) is 0. The fraction of sp³-hybridized carbons (Fsp3) is 0.667. The molecule has 0 rings (SSSR count). The molecule has 7 heavy (non-hydrogen) atoms. The van der Waals surface area contributed by atoms with E-state index >= 15 is 0 Å². The van der Waals surface area contributed by atoms with Crippen molar-refractivity contribution in [2.24, 2.45) is 0 Å². The van der Waals surface area contributed by atoms with E-state index in [1.165, 1.54) is 0 Å². The molecular weight excluding hydrogens is 293 g/mol. The summed E-state index contributed by atoms with van der Waals surface area (Å²) in [6.45, 7) is 5.50. The van der Waals surface area contributed by atoms with E-state index in [0.717, 1.165) is 6.42 Å². The molecule has 0 aromatic rings. The van der Waals surface area contributed by atoms with Gasteiger partial charge in [0.25, 0.3) is 0 Å². The van der Waals surface area contributed by atoms with E-state index in [-0.39, 0.29) is 0 Å². The molecule has 0 unspecified atom stereocenters. The minimum atomic E-state index is -0.544. The van der Waals surface area contributed by atoms with Crippen molar-refractivity contribution in [3.63, 3.8) is 0 Å². The van der Waals surface area contributed by atoms with Gasteiger partial charge in [-0.3, -0.25) is 0 Å². The van der Waals surface area contributed by atoms with E-state index in [0.29, 0.717) is 0 Å². The number of rotatable bonds is 0. The van der Waals surface area contributed by atoms with Crippen molar-refractivity contribution >= 4 is 40.9 Å². The van der Waals surface area contributed by atoms with Crippen molar-refractivity contribution in [3.05, 3.63) is 6.92 Å². The molecule has 4 heteroatoms. The maximum atomic E-state index is 5.07. The van der Waals surface area contributed by atoms with Gasteiger partial charge in [-0.2, -0.15) is 6.42 Å². The summed E-state index contributed by atoms with van der Waals surface area (Å²) in [5.41, 5.74) is 0. The number of hydrogen-bond acceptors (Lipinski definition) is 0. The van der Waals surface area contributed by atoms with E-state index < -0.39 is 8.44 Å². The molecule has 0 N–H and O–H groups in total. The first-order chi connectivity index (χ1) is 3.15. The van der Waals surface area contributed by atoms with Crippen LogP contribution < -0.4 is 0 Å². The molecule has 0 aliphatic heterocycles. The van der Waals surface area contributed by atoms with Crippen LogP contribution in [0.15, 0.2) is 0 Å². The van der Waals surface area contributed by atoms with Crippen molar-refractivity contribution in [3.8, 4) is 0 Å². The van der Waals surface area contributed by atoms with Crippen LogP contribution in [0.1, 0.15) is 13.3 Å². The Balaban J connectivity index is 0. The predicted octanol–water partition coefficient (Wildman–Crippen LogP) is 3.49. The Morgan fingerprint density at radius 3 is 1.71 bits per heavy atom. The monoisotopic (exact) mass is 298 g/mol. The fourth-order valence-electron chi connectivity index (χ4n) is 0. The van der Waals surface area contributed by atoms with Crippen LogP contribution in [0.25, 0.3) is 0 Å². The topological polar surface area (TPSA) is 0 Å². The Kier molecular flexibility index (Phi) is 17.7. The quantitative estimate of drug-likeness (QED) is 0.365. The normalized spacial score (nSPS) is 9.00. The molecule has 0 heterocycles. The molecular formula is C3H7Cl2INi-. The first-order valence-electron chi connectivity index (χ1n) is 1.57. The molecule has 0 saturated heterocycles. The van der Waals surface area contributed by atoms with Gasteiger partial charge < -0.3 is 6.92 Å². The molecule has 0 aliphatic carbocycles. The third-order valence-corrected chi connectivity index (χ3v) is 0. The first kappa shape index (κ1) is 11.6. The predicted molar refractivity (Wildman–Crippen MR) is 41.4 cm³/mol. The average Bonchev–Trinajstić information content (AvgIpc) is 1.33. The summed E-state index contributed by atoms with van der Waals surface area (Å²) in [7, 11) is 9.59. The molecule has 0 aliphatic rings. The van der Waals surface area contributed by atoms with Crippen LogP contribution in [0.2, 0.25) is 0 Å². The van der Waals surface area contributed by atoms with Gasteiger partial charge in [0.1, 0.15) is 0 Å². The fourth-order valence-corrected chi connectivity index (χ4v) is 0. The first-order valence-corrected chi connectivity index (χ1v) is 7.47. The Labute approximate surface area is 69.0 Å². The van der Waals surface area contributed by atoms with E-state index in [1.54, 1.807) is 0 Å². The van der Waals surface area contributed by atoms with Gasteiger partial charge in [-0.25, -0.2) is 0 Å². The summed E-state index contributed by atoms with van der Waals surface area (Å²) in [5.74, 6) is 0. The van der Waals surface area contributed by atoms with Crippen molar-refractivity contribution in [1.82, 2.24) is 0 Å². The van der Waals surface area contributed by atoms with Gasteiger partial charge in [-0.1, -0.05) is 6.92 Å². The SMILES string of the molecule is [CH2-]CC.[Cl][Ni]([Cl])[I]. The molecule has 0 nitrogen and oxygen atoms in total. The maximum absolute atomic E-state index is 5.07. The van der Waals surface area contributed by atoms with Crippen molar-refractivity contribution in [2.75, 3.05) is 0 Å². The van der Waals surface area contributed by atoms with Crippen LogP contribution in [0.3, 0.4) is 0 Å². The summed E-state index contributed by atoms with van der Waals surface area (Å²) < 4.78 is 0. The average molecular weight is 300 g/mol. The Morgan fingerprint density at radius 2 is 1.71 bits per heavy atom. The second-order valence-corrected chi connectivity index (χ2v) is 9.67. The van der Waals surface area contributed by atoms with E-state index in [2.05, 4.69) is 6.92 Å². The summed E-state index contributed by atoms with van der Waals surface area (Å²) in [6.07, 6.45) is 1.00. The van der Waals surface area contributed by atoms with Crippen molar-refractivity contribution in [1.29, 1.82) is 0 Å². The van der Waals surface area contributed by atoms with E-state index in [4.69, 9.17) is 20.4 Å². The minimum absolute atomic E-state index is 0.544. The molecule has 51 valence electrons. The standard InChI is InChI=1S/C3H7.2ClH.HI.Ni/c1-3-2;;;;/h1,3H2,2H3;3*1H;/q-1;;;;+3/p-3. The molecule has 0 saturated carbocycles. The molecule has 0 bridgehead atoms. The molecule has 0 atom stereocenters. The summed E-state index contributed by atoms with van der Waals surface area (Å²) in [6, 6.07) is 0. The Bertz CT molecular complexity index is 24.1. The van der Waals surface area contributed by atoms with Crippen LogP contribution in [-0.2, 0) is 8.44 Å². The molecule has 0 spiro atoms. The summed E-state index contributed by atoms with van der Waals surface area (Å²) >= 11 is 1.92. The Morgan fingerprint density at radius 1 is 1.71 bits per heavy atom. The van der Waals surface area contributed by atoms with Crippen LogP contribution in [0.5, 0.6) is 0 Å². The number of halogens is 3. The zero-order chi connectivity index (χ0) is 6.28. The zero-order valence-corrected chi connectivity index (χ0v) is 8.52. The van der Waals surface area contributed by atoms with Crippen LogP contribution in [0.4, 0.5) is 0 Å². The molecule has 0 aromatic heterocycles. The number of hydrogen-bond donors (Lipinski definition) is 0. The Hall–Kier alpha value is 1.80. The second-order valence-electron chi connectivity index (χ2n) is 0.636. The third kappa shape index (κ3) is 80.8. The van der Waals surface area contributed by atoms with Crippen LogP contribution >= 0.6 is 40.9 Å². The van der Waals surface area contributed by atoms with E-state index in [9.17, 15) is 0 Å². The van der Waals surface area contributed by atoms with Gasteiger partial charge >= 0.3 is 49.3 Å². The zero-order valence-electron chi connectivity index (χ0n) is 3.86. The van der Waals surface area contributed by atoms with Crippen LogP contribution in [0, 0.1) is 6.92 Å². The second kappa shape index (κ2) is 10.7. The molecule has 0 fully saturated rings. The summed E-state index contributed by atoms with van der Waals surface area (Å²) in [5, 5.41) is 0. The van der Waals surface area contributed by atoms with Gasteiger partial charge in [0, 0.05) is 0 Å². The van der Waals surface area contributed by atoms with Crippen LogP contribution in [-0.4, -0.2) is 0 Å².